The molecule has 0 bridgehead atoms. The number of nitrogens with one attached hydrogen (secondary N) is 2. The minimum absolute atomic E-state index is 0.286. The van der Waals surface area contributed by atoms with Gasteiger partial charge in [-0.05, 0) is 30.9 Å². The number of aromatic amines is 1. The van der Waals surface area contributed by atoms with Crippen LogP contribution in [0.25, 0.3) is 0 Å². The molecule has 16 heavy (non-hydrogen) atoms. The molecule has 0 radical (unpaired) electrons. The highest BCUT2D eigenvalue weighted by Gasteiger charge is 2.05. The van der Waals surface area contributed by atoms with Gasteiger partial charge in [-0.1, -0.05) is 12.1 Å². The lowest BCUT2D eigenvalue weighted by atomic mass is 10.1. The summed E-state index contributed by atoms with van der Waals surface area (Å²) in [7, 11) is 0. The third-order valence-electron chi connectivity index (χ3n) is 2.50. The number of anilines is 1. The molecular weight excluding hydrogens is 218 g/mol. The van der Waals surface area contributed by atoms with Crippen molar-refractivity contribution in [3.05, 3.63) is 42.2 Å². The number of hydrogen-bond acceptors (Lipinski definition) is 3. The molecule has 0 aliphatic carbocycles. The van der Waals surface area contributed by atoms with Crippen molar-refractivity contribution in [2.75, 3.05) is 11.6 Å². The van der Waals surface area contributed by atoms with E-state index in [0.717, 1.165) is 5.69 Å². The molecule has 84 valence electrons. The van der Waals surface area contributed by atoms with Gasteiger partial charge in [0.1, 0.15) is 0 Å². The van der Waals surface area contributed by atoms with Crippen LogP contribution in [0.2, 0.25) is 0 Å². The van der Waals surface area contributed by atoms with Crippen LogP contribution in [-0.2, 0) is 0 Å². The largest absolute Gasteiger partial charge is 0.376 e. The zero-order valence-corrected chi connectivity index (χ0v) is 10.2. The fourth-order valence-corrected chi connectivity index (χ4v) is 1.96. The lowest BCUT2D eigenvalue weighted by Gasteiger charge is -2.14. The van der Waals surface area contributed by atoms with Crippen molar-refractivity contribution >= 4 is 17.4 Å². The van der Waals surface area contributed by atoms with Crippen molar-refractivity contribution in [1.29, 1.82) is 0 Å². The van der Waals surface area contributed by atoms with Gasteiger partial charge in [0.15, 0.2) is 0 Å². The molecule has 2 aromatic rings. The van der Waals surface area contributed by atoms with Gasteiger partial charge in [-0.15, -0.1) is 11.8 Å². The van der Waals surface area contributed by atoms with E-state index in [1.807, 2.05) is 6.20 Å². The van der Waals surface area contributed by atoms with Gasteiger partial charge in [0.2, 0.25) is 0 Å². The van der Waals surface area contributed by atoms with Gasteiger partial charge in [0.05, 0.1) is 11.9 Å². The van der Waals surface area contributed by atoms with Crippen molar-refractivity contribution in [3.63, 3.8) is 0 Å². The van der Waals surface area contributed by atoms with Crippen molar-refractivity contribution in [1.82, 2.24) is 10.2 Å². The van der Waals surface area contributed by atoms with E-state index in [0.29, 0.717) is 0 Å². The normalized spacial score (nSPS) is 12.4. The molecule has 2 N–H and O–H groups in total. The summed E-state index contributed by atoms with van der Waals surface area (Å²) in [4.78, 5) is 1.29. The SMILES string of the molecule is CSc1ccc(C(C)Nc2cn[nH]c2)cc1. The third-order valence-corrected chi connectivity index (χ3v) is 3.24. The molecule has 3 nitrogen and oxygen atoms in total. The molecule has 4 heteroatoms. The average molecular weight is 233 g/mol. The first-order valence-electron chi connectivity index (χ1n) is 5.19. The maximum absolute atomic E-state index is 3.91. The van der Waals surface area contributed by atoms with Gasteiger partial charge in [0.25, 0.3) is 0 Å². The molecule has 1 aromatic carbocycles. The molecule has 0 aliphatic rings. The maximum Gasteiger partial charge on any atom is 0.0728 e. The molecule has 0 aliphatic heterocycles. The van der Waals surface area contributed by atoms with Crippen LogP contribution in [0.4, 0.5) is 5.69 Å². The second kappa shape index (κ2) is 5.07. The van der Waals surface area contributed by atoms with Crippen LogP contribution >= 0.6 is 11.8 Å². The Kier molecular flexibility index (Phi) is 3.51. The summed E-state index contributed by atoms with van der Waals surface area (Å²) in [6.07, 6.45) is 5.72. The van der Waals surface area contributed by atoms with Gasteiger partial charge in [-0.3, -0.25) is 5.10 Å². The predicted octanol–water partition coefficient (Wildman–Crippen LogP) is 3.30. The summed E-state index contributed by atoms with van der Waals surface area (Å²) in [6, 6.07) is 8.89. The number of rotatable bonds is 4. The number of benzene rings is 1. The highest BCUT2D eigenvalue weighted by molar-refractivity contribution is 7.98. The second-order valence-electron chi connectivity index (χ2n) is 3.63. The first-order chi connectivity index (χ1) is 7.79. The van der Waals surface area contributed by atoms with Crippen molar-refractivity contribution in [3.8, 4) is 0 Å². The van der Waals surface area contributed by atoms with Crippen LogP contribution in [0.1, 0.15) is 18.5 Å². The quantitative estimate of drug-likeness (QED) is 0.796. The van der Waals surface area contributed by atoms with E-state index < -0.39 is 0 Å². The number of nitrogens with zero attached hydrogens (tertiary/aromatic N) is 1. The van der Waals surface area contributed by atoms with E-state index in [1.165, 1.54) is 10.5 Å². The Bertz CT molecular complexity index is 422. The molecule has 0 saturated carbocycles. The van der Waals surface area contributed by atoms with Gasteiger partial charge < -0.3 is 5.32 Å². The first-order valence-corrected chi connectivity index (χ1v) is 6.41. The van der Waals surface area contributed by atoms with E-state index in [9.17, 15) is 0 Å². The molecule has 1 aromatic heterocycles. The topological polar surface area (TPSA) is 40.7 Å². The molecule has 1 unspecified atom stereocenters. The number of aromatic nitrogens is 2. The van der Waals surface area contributed by atoms with Crippen molar-refractivity contribution < 1.29 is 0 Å². The smallest absolute Gasteiger partial charge is 0.0728 e. The molecular formula is C12H15N3S. The summed E-state index contributed by atoms with van der Waals surface area (Å²) in [5.41, 5.74) is 2.29. The summed E-state index contributed by atoms with van der Waals surface area (Å²) < 4.78 is 0. The average Bonchev–Trinajstić information content (AvgIpc) is 2.82. The van der Waals surface area contributed by atoms with Crippen LogP contribution < -0.4 is 5.32 Å². The Morgan fingerprint density at radius 2 is 2.06 bits per heavy atom. The highest BCUT2D eigenvalue weighted by Crippen LogP contribution is 2.21. The predicted molar refractivity (Wildman–Crippen MR) is 68.8 cm³/mol. The van der Waals surface area contributed by atoms with E-state index in [4.69, 9.17) is 0 Å². The maximum atomic E-state index is 3.91. The lowest BCUT2D eigenvalue weighted by Crippen LogP contribution is -2.05. The Balaban J connectivity index is 2.05. The van der Waals surface area contributed by atoms with Crippen LogP contribution in [0.15, 0.2) is 41.6 Å². The Morgan fingerprint density at radius 3 is 2.62 bits per heavy atom. The Labute approximate surface area is 99.7 Å². The van der Waals surface area contributed by atoms with Crippen LogP contribution in [0.3, 0.4) is 0 Å². The highest BCUT2D eigenvalue weighted by atomic mass is 32.2. The van der Waals surface area contributed by atoms with Crippen LogP contribution in [0, 0.1) is 0 Å². The lowest BCUT2D eigenvalue weighted by molar-refractivity contribution is 0.883. The van der Waals surface area contributed by atoms with Crippen molar-refractivity contribution in [2.24, 2.45) is 0 Å². The molecule has 0 spiro atoms. The fraction of sp³-hybridized carbons (Fsp3) is 0.250. The monoisotopic (exact) mass is 233 g/mol. The van der Waals surface area contributed by atoms with Gasteiger partial charge in [-0.25, -0.2) is 0 Å². The zero-order chi connectivity index (χ0) is 11.4. The van der Waals surface area contributed by atoms with E-state index >= 15 is 0 Å². The first kappa shape index (κ1) is 11.1. The second-order valence-corrected chi connectivity index (χ2v) is 4.51. The standard InChI is InChI=1S/C12H15N3S/c1-9(15-11-7-13-14-8-11)10-3-5-12(16-2)6-4-10/h3-9,15H,1-2H3,(H,13,14). The molecule has 0 amide bonds. The summed E-state index contributed by atoms with van der Waals surface area (Å²) >= 11 is 1.76. The van der Waals surface area contributed by atoms with Crippen LogP contribution in [0.5, 0.6) is 0 Å². The summed E-state index contributed by atoms with van der Waals surface area (Å²) in [6.45, 7) is 2.14. The fourth-order valence-electron chi connectivity index (χ4n) is 1.56. The molecule has 1 atom stereocenters. The summed E-state index contributed by atoms with van der Waals surface area (Å²) in [5, 5.41) is 10.1. The number of hydrogen-bond donors (Lipinski definition) is 2. The van der Waals surface area contributed by atoms with Gasteiger partial charge >= 0.3 is 0 Å². The molecule has 2 rings (SSSR count). The van der Waals surface area contributed by atoms with Gasteiger partial charge in [-0.2, -0.15) is 5.10 Å². The Hall–Kier alpha value is -1.42. The zero-order valence-electron chi connectivity index (χ0n) is 9.40. The number of H-pyrrole nitrogens is 1. The molecule has 1 heterocycles. The minimum atomic E-state index is 0.286. The minimum Gasteiger partial charge on any atom is -0.376 e. The van der Waals surface area contributed by atoms with Crippen molar-refractivity contribution in [2.45, 2.75) is 17.9 Å². The summed E-state index contributed by atoms with van der Waals surface area (Å²) in [5.74, 6) is 0. The molecule has 0 fully saturated rings. The molecule has 0 saturated heterocycles. The van der Waals surface area contributed by atoms with E-state index in [1.54, 1.807) is 18.0 Å². The van der Waals surface area contributed by atoms with E-state index in [-0.39, 0.29) is 6.04 Å². The third kappa shape index (κ3) is 2.58. The Morgan fingerprint density at radius 1 is 1.31 bits per heavy atom. The van der Waals surface area contributed by atoms with Gasteiger partial charge in [0, 0.05) is 17.1 Å². The van der Waals surface area contributed by atoms with E-state index in [2.05, 4.69) is 53.0 Å². The van der Waals surface area contributed by atoms with Crippen LogP contribution in [-0.4, -0.2) is 16.5 Å². The number of thioether (sulfide) groups is 1.